The van der Waals surface area contributed by atoms with Gasteiger partial charge in [-0.3, -0.25) is 9.55 Å². The van der Waals surface area contributed by atoms with Crippen LogP contribution in [-0.4, -0.2) is 21.6 Å². The van der Waals surface area contributed by atoms with Crippen LogP contribution in [0.4, 0.5) is 0 Å². The number of aromatic nitrogens is 3. The van der Waals surface area contributed by atoms with E-state index in [1.54, 1.807) is 7.11 Å². The lowest BCUT2D eigenvalue weighted by Gasteiger charge is -2.20. The molecule has 10 rings (SSSR count). The van der Waals surface area contributed by atoms with Crippen LogP contribution in [0.15, 0.2) is 200 Å². The van der Waals surface area contributed by atoms with E-state index in [1.807, 2.05) is 91.1 Å². The average molecular weight is 803 g/mol. The monoisotopic (exact) mass is 802 g/mol. The van der Waals surface area contributed by atoms with Crippen molar-refractivity contribution in [3.05, 3.63) is 217 Å². The number of imidazole rings is 1. The van der Waals surface area contributed by atoms with Gasteiger partial charge in [0.1, 0.15) is 11.6 Å². The molecule has 4 heteroatoms. The lowest BCUT2D eigenvalue weighted by molar-refractivity contribution is 0.413. The molecule has 0 spiro atoms. The second-order valence-corrected chi connectivity index (χ2v) is 15.7. The topological polar surface area (TPSA) is 39.9 Å². The summed E-state index contributed by atoms with van der Waals surface area (Å²) in [5.41, 5.74) is 16.8. The van der Waals surface area contributed by atoms with Crippen molar-refractivity contribution in [2.24, 2.45) is 0 Å². The highest BCUT2D eigenvalue weighted by molar-refractivity contribution is 5.99. The highest BCUT2D eigenvalue weighted by atomic mass is 16.5. The first-order chi connectivity index (χ1) is 31.6. The maximum absolute atomic E-state index is 8.81. The quantitative estimate of drug-likeness (QED) is 0.146. The molecule has 0 bridgehead atoms. The number of hydrogen-bond donors (Lipinski definition) is 0. The Kier molecular flexibility index (Phi) is 9.21. The third kappa shape index (κ3) is 7.16. The Bertz CT molecular complexity index is 3350. The summed E-state index contributed by atoms with van der Waals surface area (Å²) in [6.45, 7) is 1.74. The number of ether oxygens (including phenoxy) is 1. The number of para-hydroxylation sites is 1. The fourth-order valence-corrected chi connectivity index (χ4v) is 8.75. The third-order valence-corrected chi connectivity index (χ3v) is 11.6. The predicted molar refractivity (Wildman–Crippen MR) is 258 cm³/mol. The van der Waals surface area contributed by atoms with E-state index in [1.165, 1.54) is 0 Å². The van der Waals surface area contributed by atoms with E-state index in [4.69, 9.17) is 18.8 Å². The Morgan fingerprint density at radius 3 is 1.74 bits per heavy atom. The van der Waals surface area contributed by atoms with Crippen LogP contribution in [0.1, 0.15) is 20.8 Å². The molecule has 0 N–H and O–H groups in total. The zero-order valence-electron chi connectivity index (χ0n) is 37.8. The standard InChI is InChI=1S/C58H45N3O/c1-38-30-40(3)57(62-4)52(31-38)58-60-56-49(47-33-46(42-20-11-6-12-21-42)34-48(35-47)53-36-45(28-29-59-53)41-18-9-5-10-19-41)26-17-27-54(56)61(58)55-37-50(43-22-13-7-14-23-43)39(2)32-51(55)44-24-15-8-16-25-44/h5-37H,1-4H3/i2D3. The first-order valence-corrected chi connectivity index (χ1v) is 20.8. The molecular formula is C58H45N3O. The maximum atomic E-state index is 8.81. The molecule has 62 heavy (non-hydrogen) atoms. The smallest absolute Gasteiger partial charge is 0.149 e. The highest BCUT2D eigenvalue weighted by Crippen LogP contribution is 2.44. The van der Waals surface area contributed by atoms with E-state index in [0.717, 1.165) is 100 Å². The van der Waals surface area contributed by atoms with Crippen molar-refractivity contribution in [3.8, 4) is 89.7 Å². The number of aryl methyl sites for hydroxylation is 3. The van der Waals surface area contributed by atoms with Crippen molar-refractivity contribution in [3.63, 3.8) is 0 Å². The lowest BCUT2D eigenvalue weighted by atomic mass is 9.93. The minimum atomic E-state index is -2.39. The zero-order chi connectivity index (χ0) is 44.7. The molecule has 0 amide bonds. The van der Waals surface area contributed by atoms with Gasteiger partial charge in [-0.25, -0.2) is 4.98 Å². The van der Waals surface area contributed by atoms with Crippen molar-refractivity contribution in [1.82, 2.24) is 14.5 Å². The van der Waals surface area contributed by atoms with E-state index in [0.29, 0.717) is 11.4 Å². The number of nitrogens with zero attached hydrogens (tertiary/aromatic N) is 3. The summed E-state index contributed by atoms with van der Waals surface area (Å²) in [5, 5.41) is 0. The van der Waals surface area contributed by atoms with Crippen LogP contribution in [-0.2, 0) is 0 Å². The Morgan fingerprint density at radius 1 is 0.468 bits per heavy atom. The lowest BCUT2D eigenvalue weighted by Crippen LogP contribution is -2.04. The van der Waals surface area contributed by atoms with Crippen molar-refractivity contribution in [1.29, 1.82) is 0 Å². The van der Waals surface area contributed by atoms with E-state index in [-0.39, 0.29) is 5.56 Å². The van der Waals surface area contributed by atoms with Crippen molar-refractivity contribution in [2.75, 3.05) is 7.11 Å². The highest BCUT2D eigenvalue weighted by Gasteiger charge is 2.25. The Hall–Kier alpha value is -7.82. The Labute approximate surface area is 367 Å². The summed E-state index contributed by atoms with van der Waals surface area (Å²) in [5.74, 6) is 1.39. The number of rotatable bonds is 9. The number of fused-ring (bicyclic) bond motifs is 1. The molecule has 10 aromatic rings. The van der Waals surface area contributed by atoms with E-state index >= 15 is 0 Å². The molecule has 0 radical (unpaired) electrons. The van der Waals surface area contributed by atoms with Crippen LogP contribution in [0.25, 0.3) is 95.0 Å². The Balaban J connectivity index is 1.30. The van der Waals surface area contributed by atoms with Gasteiger partial charge in [-0.05, 0) is 136 Å². The number of pyridine rings is 1. The fraction of sp³-hybridized carbons (Fsp3) is 0.0690. The summed E-state index contributed by atoms with van der Waals surface area (Å²) in [4.78, 5) is 10.6. The maximum Gasteiger partial charge on any atom is 0.149 e. The molecule has 0 saturated heterocycles. The SMILES string of the molecule is [2H]C([2H])([2H])c1cc(-c2ccccc2)c(-n2c(-c3cc(C)cc(C)c3OC)nc3c(-c4cc(-c5ccccc5)cc(-c5cc(-c6ccccc6)ccn5)c4)cccc32)cc1-c1ccccc1. The van der Waals surface area contributed by atoms with Gasteiger partial charge in [0.2, 0.25) is 0 Å². The first kappa shape index (κ1) is 35.0. The van der Waals surface area contributed by atoms with Crippen LogP contribution in [0, 0.1) is 20.7 Å². The number of benzene rings is 8. The molecule has 0 atom stereocenters. The fourth-order valence-electron chi connectivity index (χ4n) is 8.75. The molecule has 0 fully saturated rings. The number of hydrogen-bond acceptors (Lipinski definition) is 3. The van der Waals surface area contributed by atoms with Gasteiger partial charge in [-0.1, -0.05) is 140 Å². The van der Waals surface area contributed by atoms with Crippen LogP contribution >= 0.6 is 0 Å². The summed E-state index contributed by atoms with van der Waals surface area (Å²) in [7, 11) is 1.70. The zero-order valence-corrected chi connectivity index (χ0v) is 34.8. The molecule has 2 aromatic heterocycles. The molecule has 0 aliphatic heterocycles. The molecule has 298 valence electrons. The van der Waals surface area contributed by atoms with Gasteiger partial charge in [0.05, 0.1) is 35.1 Å². The molecular weight excluding hydrogens is 755 g/mol. The number of methoxy groups -OCH3 is 1. The minimum Gasteiger partial charge on any atom is -0.496 e. The van der Waals surface area contributed by atoms with Crippen LogP contribution in [0.5, 0.6) is 5.75 Å². The summed E-state index contributed by atoms with van der Waals surface area (Å²) in [6.07, 6.45) is 1.88. The summed E-state index contributed by atoms with van der Waals surface area (Å²) >= 11 is 0. The van der Waals surface area contributed by atoms with Crippen LogP contribution < -0.4 is 4.74 Å². The average Bonchev–Trinajstić information content (AvgIpc) is 3.74. The van der Waals surface area contributed by atoms with Gasteiger partial charge in [-0.15, -0.1) is 0 Å². The second kappa shape index (κ2) is 16.3. The molecule has 2 heterocycles. The van der Waals surface area contributed by atoms with E-state index < -0.39 is 6.85 Å². The van der Waals surface area contributed by atoms with Gasteiger partial charge in [0.25, 0.3) is 0 Å². The van der Waals surface area contributed by atoms with Crippen molar-refractivity contribution >= 4 is 11.0 Å². The largest absolute Gasteiger partial charge is 0.496 e. The van der Waals surface area contributed by atoms with E-state index in [2.05, 4.69) is 128 Å². The first-order valence-electron chi connectivity index (χ1n) is 22.3. The minimum absolute atomic E-state index is 0.275. The summed E-state index contributed by atoms with van der Waals surface area (Å²) in [6, 6.07) is 65.9. The molecule has 8 aromatic carbocycles. The van der Waals surface area contributed by atoms with Gasteiger partial charge in [0, 0.05) is 27.0 Å². The van der Waals surface area contributed by atoms with Gasteiger partial charge < -0.3 is 4.74 Å². The van der Waals surface area contributed by atoms with Crippen molar-refractivity contribution in [2.45, 2.75) is 20.7 Å². The van der Waals surface area contributed by atoms with Gasteiger partial charge >= 0.3 is 0 Å². The molecule has 0 aliphatic rings. The Morgan fingerprint density at radius 2 is 1.08 bits per heavy atom. The van der Waals surface area contributed by atoms with Gasteiger partial charge in [0.15, 0.2) is 0 Å². The van der Waals surface area contributed by atoms with Crippen LogP contribution in [0.2, 0.25) is 0 Å². The second-order valence-electron chi connectivity index (χ2n) is 15.7. The van der Waals surface area contributed by atoms with Crippen molar-refractivity contribution < 1.29 is 8.85 Å². The summed E-state index contributed by atoms with van der Waals surface area (Å²) < 4.78 is 34.8. The molecule has 0 unspecified atom stereocenters. The van der Waals surface area contributed by atoms with Gasteiger partial charge in [-0.2, -0.15) is 0 Å². The van der Waals surface area contributed by atoms with E-state index in [9.17, 15) is 0 Å². The molecule has 0 saturated carbocycles. The normalized spacial score (nSPS) is 12.1. The van der Waals surface area contributed by atoms with Crippen LogP contribution in [0.3, 0.4) is 0 Å². The predicted octanol–water partition coefficient (Wildman–Crippen LogP) is 15.0. The molecule has 4 nitrogen and oxygen atoms in total. The molecule has 0 aliphatic carbocycles. The third-order valence-electron chi connectivity index (χ3n) is 11.6.